The first-order valence-electron chi connectivity index (χ1n) is 12.7. The molecule has 1 saturated carbocycles. The lowest BCUT2D eigenvalue weighted by Gasteiger charge is -2.26. The molecule has 7 nitrogen and oxygen atoms in total. The molecule has 0 bridgehead atoms. The first-order valence-corrected chi connectivity index (χ1v) is 12.7. The van der Waals surface area contributed by atoms with Crippen molar-refractivity contribution in [3.63, 3.8) is 0 Å². The summed E-state index contributed by atoms with van der Waals surface area (Å²) in [7, 11) is 0. The summed E-state index contributed by atoms with van der Waals surface area (Å²) in [4.78, 5) is 37.5. The topological polar surface area (TPSA) is 88.8 Å². The van der Waals surface area contributed by atoms with E-state index in [0.29, 0.717) is 30.2 Å². The van der Waals surface area contributed by atoms with Gasteiger partial charge in [-0.15, -0.1) is 0 Å². The van der Waals surface area contributed by atoms with Gasteiger partial charge in [-0.2, -0.15) is 0 Å². The van der Waals surface area contributed by atoms with Crippen molar-refractivity contribution in [1.29, 1.82) is 0 Å². The Morgan fingerprint density at radius 3 is 2.69 bits per heavy atom. The molecule has 1 N–H and O–H groups in total. The molecule has 3 aliphatic rings. The molecule has 0 amide bonds. The molecule has 0 spiro atoms. The van der Waals surface area contributed by atoms with E-state index < -0.39 is 5.69 Å². The second-order valence-corrected chi connectivity index (χ2v) is 9.46. The first kappa shape index (κ1) is 23.3. The van der Waals surface area contributed by atoms with Gasteiger partial charge in [0.1, 0.15) is 11.9 Å². The zero-order valence-corrected chi connectivity index (χ0v) is 20.2. The summed E-state index contributed by atoms with van der Waals surface area (Å²) in [6.45, 7) is 2.34. The summed E-state index contributed by atoms with van der Waals surface area (Å²) >= 11 is 0. The molecule has 0 radical (unpaired) electrons. The lowest BCUT2D eigenvalue weighted by molar-refractivity contribution is 0.109. The number of rotatable bonds is 5. The van der Waals surface area contributed by atoms with Crippen molar-refractivity contribution in [2.24, 2.45) is 15.9 Å². The average molecular weight is 473 g/mol. The number of hydrogen-bond donors (Lipinski definition) is 1. The largest absolute Gasteiger partial charge is 0.474 e. The third kappa shape index (κ3) is 5.14. The van der Waals surface area contributed by atoms with E-state index in [1.807, 2.05) is 37.4 Å². The van der Waals surface area contributed by atoms with Gasteiger partial charge in [-0.05, 0) is 75.5 Å². The van der Waals surface area contributed by atoms with Gasteiger partial charge in [-0.1, -0.05) is 36.4 Å². The third-order valence-corrected chi connectivity index (χ3v) is 7.12. The van der Waals surface area contributed by atoms with Gasteiger partial charge < -0.3 is 4.74 Å². The molecule has 1 aliphatic carbocycles. The fraction of sp³-hybridized carbons (Fsp3) is 0.429. The number of ether oxygens (including phenoxy) is 1. The van der Waals surface area contributed by atoms with Crippen LogP contribution in [0.2, 0.25) is 0 Å². The number of allylic oxidation sites excluding steroid dienone is 2. The van der Waals surface area contributed by atoms with Crippen LogP contribution >= 0.6 is 0 Å². The highest BCUT2D eigenvalue weighted by molar-refractivity contribution is 6.04. The minimum absolute atomic E-state index is 0.102. The molecule has 2 aliphatic heterocycles. The molecule has 7 heteroatoms. The number of fused-ring (bicyclic) bond motifs is 1. The summed E-state index contributed by atoms with van der Waals surface area (Å²) < 4.78 is 7.63. The van der Waals surface area contributed by atoms with E-state index in [1.54, 1.807) is 4.57 Å². The summed E-state index contributed by atoms with van der Waals surface area (Å²) in [6, 6.07) is 10.4. The van der Waals surface area contributed by atoms with Gasteiger partial charge in [0, 0.05) is 18.7 Å². The Kier molecular flexibility index (Phi) is 6.93. The molecular weight excluding hydrogens is 440 g/mol. The Balaban J connectivity index is 1.59. The second kappa shape index (κ2) is 10.4. The van der Waals surface area contributed by atoms with Crippen LogP contribution in [0.25, 0.3) is 0 Å². The number of aliphatic imine (C=N–C) groups is 2. The number of benzene rings is 1. The van der Waals surface area contributed by atoms with E-state index in [2.05, 4.69) is 23.2 Å². The number of nitrogens with one attached hydrogen (secondary N) is 1. The Bertz CT molecular complexity index is 1310. The lowest BCUT2D eigenvalue weighted by atomic mass is 9.85. The maximum absolute atomic E-state index is 12.7. The molecule has 5 rings (SSSR count). The van der Waals surface area contributed by atoms with Gasteiger partial charge >= 0.3 is 5.69 Å². The molecule has 0 saturated heterocycles. The van der Waals surface area contributed by atoms with Crippen molar-refractivity contribution in [1.82, 2.24) is 9.55 Å². The predicted molar refractivity (Wildman–Crippen MR) is 139 cm³/mol. The Morgan fingerprint density at radius 1 is 1.11 bits per heavy atom. The van der Waals surface area contributed by atoms with Gasteiger partial charge in [-0.3, -0.25) is 14.3 Å². The summed E-state index contributed by atoms with van der Waals surface area (Å²) in [5.74, 6) is 1.23. The smallest absolute Gasteiger partial charge is 0.329 e. The number of aromatic amines is 1. The second-order valence-electron chi connectivity index (χ2n) is 9.46. The van der Waals surface area contributed by atoms with E-state index >= 15 is 0 Å². The minimum Gasteiger partial charge on any atom is -0.474 e. The van der Waals surface area contributed by atoms with Crippen LogP contribution in [-0.2, 0) is 24.1 Å². The van der Waals surface area contributed by atoms with Crippen molar-refractivity contribution >= 4 is 17.4 Å². The lowest BCUT2D eigenvalue weighted by Crippen LogP contribution is -2.31. The quantitative estimate of drug-likeness (QED) is 0.688. The molecule has 3 heterocycles. The highest BCUT2D eigenvalue weighted by Gasteiger charge is 2.27. The standard InChI is InChI=1S/C28H32N4O3/c1-2-32-26-23(27(33)31-28(32)34)16-15-20(17-19-9-4-3-5-10-19)25(30-26)21-11-6-7-14-24(29-18-21)35-22-12-8-13-22/h3-5,7,9-10,14,18,20,22H,2,6,8,11-13,15-17H2,1H3,(H,31,33,34)/b14-7-,21-18+,29-24+. The van der Waals surface area contributed by atoms with Crippen molar-refractivity contribution < 1.29 is 4.74 Å². The van der Waals surface area contributed by atoms with Gasteiger partial charge in [0.05, 0.1) is 11.3 Å². The maximum Gasteiger partial charge on any atom is 0.329 e. The molecule has 182 valence electrons. The highest BCUT2D eigenvalue weighted by Crippen LogP contribution is 2.31. The maximum atomic E-state index is 12.7. The normalized spacial score (nSPS) is 24.3. The van der Waals surface area contributed by atoms with Gasteiger partial charge in [0.25, 0.3) is 5.56 Å². The molecular formula is C28H32N4O3. The summed E-state index contributed by atoms with van der Waals surface area (Å²) in [6.07, 6.45) is 13.4. The van der Waals surface area contributed by atoms with Crippen LogP contribution in [0, 0.1) is 5.92 Å². The van der Waals surface area contributed by atoms with Crippen molar-refractivity contribution in [2.75, 3.05) is 0 Å². The van der Waals surface area contributed by atoms with E-state index in [1.165, 1.54) is 12.0 Å². The zero-order valence-electron chi connectivity index (χ0n) is 20.2. The summed E-state index contributed by atoms with van der Waals surface area (Å²) in [5.41, 5.74) is 3.02. The molecule has 1 atom stereocenters. The zero-order chi connectivity index (χ0) is 24.2. The van der Waals surface area contributed by atoms with Gasteiger partial charge in [0.15, 0.2) is 0 Å². The number of hydrogen-bond acceptors (Lipinski definition) is 5. The summed E-state index contributed by atoms with van der Waals surface area (Å²) in [5, 5.41) is 0. The Morgan fingerprint density at radius 2 is 1.94 bits per heavy atom. The molecule has 1 aromatic carbocycles. The fourth-order valence-electron chi connectivity index (χ4n) is 4.93. The third-order valence-electron chi connectivity index (χ3n) is 7.12. The Hall–Kier alpha value is -3.48. The van der Waals surface area contributed by atoms with Crippen molar-refractivity contribution in [3.05, 3.63) is 86.2 Å². The van der Waals surface area contributed by atoms with Crippen LogP contribution in [0.15, 0.2) is 73.8 Å². The van der Waals surface area contributed by atoms with Gasteiger partial charge in [0.2, 0.25) is 5.90 Å². The van der Waals surface area contributed by atoms with Crippen LogP contribution in [0.5, 0.6) is 0 Å². The van der Waals surface area contributed by atoms with Crippen LogP contribution in [-0.4, -0.2) is 27.3 Å². The van der Waals surface area contributed by atoms with E-state index in [9.17, 15) is 9.59 Å². The minimum atomic E-state index is -0.412. The van der Waals surface area contributed by atoms with Crippen LogP contribution in [0.4, 0.5) is 5.82 Å². The predicted octanol–water partition coefficient (Wildman–Crippen LogP) is 4.64. The average Bonchev–Trinajstić information content (AvgIpc) is 2.99. The molecule has 1 unspecified atom stereocenters. The van der Waals surface area contributed by atoms with Crippen LogP contribution in [0.1, 0.15) is 56.6 Å². The highest BCUT2D eigenvalue weighted by atomic mass is 16.5. The number of aromatic nitrogens is 2. The molecule has 1 aromatic heterocycles. The van der Waals surface area contributed by atoms with E-state index in [-0.39, 0.29) is 17.6 Å². The molecule has 35 heavy (non-hydrogen) atoms. The van der Waals surface area contributed by atoms with Crippen LogP contribution in [0.3, 0.4) is 0 Å². The van der Waals surface area contributed by atoms with Gasteiger partial charge in [-0.25, -0.2) is 14.8 Å². The number of H-pyrrole nitrogens is 1. The van der Waals surface area contributed by atoms with E-state index in [4.69, 9.17) is 14.7 Å². The monoisotopic (exact) mass is 472 g/mol. The van der Waals surface area contributed by atoms with Crippen molar-refractivity contribution in [3.8, 4) is 0 Å². The Labute approximate surface area is 205 Å². The molecule has 2 aromatic rings. The molecule has 1 fully saturated rings. The van der Waals surface area contributed by atoms with E-state index in [0.717, 1.165) is 49.8 Å². The first-order chi connectivity index (χ1) is 17.1. The van der Waals surface area contributed by atoms with Crippen molar-refractivity contribution in [2.45, 2.75) is 70.9 Å². The SMILES string of the molecule is CCn1c2c(c(=O)[nH]c1=O)CCC(Cc1ccccc1)C(/C1=C/N=C(OC3CCC3)\C=C/CC1)=N2. The van der Waals surface area contributed by atoms with Crippen LogP contribution < -0.4 is 11.2 Å². The fourth-order valence-corrected chi connectivity index (χ4v) is 4.93. The number of nitrogens with zero attached hydrogens (tertiary/aromatic N) is 3.